The number of hydrogen-bond acceptors (Lipinski definition) is 2. The lowest BCUT2D eigenvalue weighted by molar-refractivity contribution is 0.243. The standard InChI is InChI=1S/C13H9F2NO/c14-12-6-11(10-4-2-1-3-5-10)7-13(15,8-12)16-9-17/h1-6,8H,7H2. The van der Waals surface area contributed by atoms with Crippen LogP contribution in [0.25, 0.3) is 5.57 Å². The van der Waals surface area contributed by atoms with Gasteiger partial charge in [-0.05, 0) is 17.2 Å². The molecule has 0 aromatic heterocycles. The monoisotopic (exact) mass is 233 g/mol. The van der Waals surface area contributed by atoms with Crippen molar-refractivity contribution in [1.29, 1.82) is 0 Å². The van der Waals surface area contributed by atoms with E-state index in [1.54, 1.807) is 24.3 Å². The molecule has 0 N–H and O–H groups in total. The van der Waals surface area contributed by atoms with Crippen molar-refractivity contribution in [2.45, 2.75) is 12.2 Å². The van der Waals surface area contributed by atoms with Crippen molar-refractivity contribution in [2.75, 3.05) is 0 Å². The molecular weight excluding hydrogens is 224 g/mol. The van der Waals surface area contributed by atoms with Crippen LogP contribution < -0.4 is 0 Å². The molecule has 0 spiro atoms. The van der Waals surface area contributed by atoms with Crippen molar-refractivity contribution in [2.24, 2.45) is 4.99 Å². The molecule has 0 amide bonds. The molecule has 0 bridgehead atoms. The van der Waals surface area contributed by atoms with Gasteiger partial charge < -0.3 is 0 Å². The highest BCUT2D eigenvalue weighted by Crippen LogP contribution is 2.36. The largest absolute Gasteiger partial charge is 0.238 e. The highest BCUT2D eigenvalue weighted by molar-refractivity contribution is 5.70. The van der Waals surface area contributed by atoms with Gasteiger partial charge in [-0.2, -0.15) is 4.99 Å². The van der Waals surface area contributed by atoms with Crippen LogP contribution in [0.3, 0.4) is 0 Å². The molecule has 1 unspecified atom stereocenters. The van der Waals surface area contributed by atoms with Crippen molar-refractivity contribution in [3.63, 3.8) is 0 Å². The number of aliphatic imine (C=N–C) groups is 1. The van der Waals surface area contributed by atoms with Crippen molar-refractivity contribution in [3.8, 4) is 0 Å². The second kappa shape index (κ2) is 4.44. The Kier molecular flexibility index (Phi) is 2.98. The van der Waals surface area contributed by atoms with E-state index in [1.807, 2.05) is 6.07 Å². The Bertz CT molecular complexity index is 530. The zero-order valence-electron chi connectivity index (χ0n) is 8.86. The van der Waals surface area contributed by atoms with Crippen LogP contribution >= 0.6 is 0 Å². The van der Waals surface area contributed by atoms with Crippen LogP contribution in [-0.2, 0) is 4.79 Å². The van der Waals surface area contributed by atoms with Crippen molar-refractivity contribution < 1.29 is 13.6 Å². The Morgan fingerprint density at radius 3 is 2.65 bits per heavy atom. The summed E-state index contributed by atoms with van der Waals surface area (Å²) in [6, 6.07) is 8.85. The van der Waals surface area contributed by atoms with E-state index >= 15 is 0 Å². The number of rotatable bonds is 2. The van der Waals surface area contributed by atoms with Gasteiger partial charge in [-0.3, -0.25) is 0 Å². The molecule has 2 nitrogen and oxygen atoms in total. The third-order valence-corrected chi connectivity index (χ3v) is 2.49. The zero-order valence-corrected chi connectivity index (χ0v) is 8.86. The molecule has 0 fully saturated rings. The van der Waals surface area contributed by atoms with Crippen molar-refractivity contribution in [3.05, 3.63) is 53.9 Å². The summed E-state index contributed by atoms with van der Waals surface area (Å²) in [5.74, 6) is -3.07. The third kappa shape index (κ3) is 2.55. The molecule has 17 heavy (non-hydrogen) atoms. The summed E-state index contributed by atoms with van der Waals surface area (Å²) in [4.78, 5) is 13.1. The minimum Gasteiger partial charge on any atom is -0.212 e. The second-order valence-electron chi connectivity index (χ2n) is 3.76. The topological polar surface area (TPSA) is 29.4 Å². The van der Waals surface area contributed by atoms with Crippen LogP contribution in [0.5, 0.6) is 0 Å². The molecule has 0 aliphatic heterocycles. The SMILES string of the molecule is O=C=NC1(F)C=C(F)C=C(c2ccccc2)C1. The molecule has 1 aromatic carbocycles. The van der Waals surface area contributed by atoms with Crippen molar-refractivity contribution in [1.82, 2.24) is 0 Å². The lowest BCUT2D eigenvalue weighted by Gasteiger charge is -2.21. The summed E-state index contributed by atoms with van der Waals surface area (Å²) in [6.45, 7) is 0. The first kappa shape index (κ1) is 11.4. The van der Waals surface area contributed by atoms with Gasteiger partial charge in [0.25, 0.3) is 0 Å². The fraction of sp³-hybridized carbons (Fsp3) is 0.154. The van der Waals surface area contributed by atoms with E-state index in [9.17, 15) is 13.6 Å². The molecule has 2 rings (SSSR count). The number of alkyl halides is 1. The van der Waals surface area contributed by atoms with Gasteiger partial charge in [-0.15, -0.1) is 0 Å². The first-order valence-corrected chi connectivity index (χ1v) is 5.05. The fourth-order valence-corrected chi connectivity index (χ4v) is 1.77. The molecule has 1 aromatic rings. The lowest BCUT2D eigenvalue weighted by atomic mass is 9.93. The Morgan fingerprint density at radius 2 is 2.00 bits per heavy atom. The Hall–Kier alpha value is -2.06. The van der Waals surface area contributed by atoms with E-state index in [0.29, 0.717) is 17.2 Å². The number of allylic oxidation sites excluding steroid dienone is 2. The average Bonchev–Trinajstić information content (AvgIpc) is 2.29. The molecule has 86 valence electrons. The van der Waals surface area contributed by atoms with Gasteiger partial charge in [0.05, 0.1) is 0 Å². The number of benzene rings is 1. The quantitative estimate of drug-likeness (QED) is 0.437. The van der Waals surface area contributed by atoms with E-state index in [0.717, 1.165) is 6.08 Å². The summed E-state index contributed by atoms with van der Waals surface area (Å²) in [5, 5.41) is 0. The maximum absolute atomic E-state index is 14.0. The van der Waals surface area contributed by atoms with Gasteiger partial charge in [0.15, 0.2) is 0 Å². The predicted octanol–water partition coefficient (Wildman–Crippen LogP) is 3.33. The molecule has 0 saturated heterocycles. The van der Waals surface area contributed by atoms with Gasteiger partial charge in [0, 0.05) is 12.5 Å². The van der Waals surface area contributed by atoms with E-state index in [1.165, 1.54) is 6.08 Å². The maximum atomic E-state index is 14.0. The van der Waals surface area contributed by atoms with Gasteiger partial charge in [0.2, 0.25) is 11.9 Å². The highest BCUT2D eigenvalue weighted by Gasteiger charge is 2.32. The third-order valence-electron chi connectivity index (χ3n) is 2.49. The summed E-state index contributed by atoms with van der Waals surface area (Å²) in [7, 11) is 0. The Morgan fingerprint density at radius 1 is 1.29 bits per heavy atom. The van der Waals surface area contributed by atoms with E-state index in [4.69, 9.17) is 0 Å². The molecule has 0 saturated carbocycles. The number of carbonyl (C=O) groups excluding carboxylic acids is 1. The van der Waals surface area contributed by atoms with Gasteiger partial charge in [0.1, 0.15) is 5.83 Å². The lowest BCUT2D eigenvalue weighted by Crippen LogP contribution is -2.20. The highest BCUT2D eigenvalue weighted by atomic mass is 19.2. The minimum atomic E-state index is -2.33. The molecule has 1 aliphatic carbocycles. The fourth-order valence-electron chi connectivity index (χ4n) is 1.77. The summed E-state index contributed by atoms with van der Waals surface area (Å²) in [5.41, 5.74) is 1.17. The first-order valence-electron chi connectivity index (χ1n) is 5.05. The zero-order chi connectivity index (χ0) is 12.3. The van der Waals surface area contributed by atoms with Crippen LogP contribution in [0.2, 0.25) is 0 Å². The number of hydrogen-bond donors (Lipinski definition) is 0. The van der Waals surface area contributed by atoms with Crippen molar-refractivity contribution >= 4 is 11.7 Å². The van der Waals surface area contributed by atoms with Crippen LogP contribution in [-0.4, -0.2) is 11.9 Å². The molecule has 1 aliphatic rings. The van der Waals surface area contributed by atoms with E-state index < -0.39 is 11.6 Å². The minimum absolute atomic E-state index is 0.167. The summed E-state index contributed by atoms with van der Waals surface area (Å²) < 4.78 is 27.3. The number of isocyanates is 1. The average molecular weight is 233 g/mol. The maximum Gasteiger partial charge on any atom is 0.238 e. The summed E-state index contributed by atoms with van der Waals surface area (Å²) >= 11 is 0. The molecule has 0 radical (unpaired) electrons. The first-order chi connectivity index (χ1) is 8.13. The van der Waals surface area contributed by atoms with E-state index in [-0.39, 0.29) is 6.42 Å². The molecule has 1 atom stereocenters. The summed E-state index contributed by atoms with van der Waals surface area (Å²) in [6.07, 6.45) is 2.89. The molecule has 4 heteroatoms. The normalized spacial score (nSPS) is 23.4. The van der Waals surface area contributed by atoms with Gasteiger partial charge in [-0.25, -0.2) is 13.6 Å². The number of halogens is 2. The van der Waals surface area contributed by atoms with Gasteiger partial charge in [-0.1, -0.05) is 30.3 Å². The van der Waals surface area contributed by atoms with Crippen LogP contribution in [0.1, 0.15) is 12.0 Å². The number of nitrogens with zero attached hydrogens (tertiary/aromatic N) is 1. The molecular formula is C13H9F2NO. The van der Waals surface area contributed by atoms with Crippen LogP contribution in [0.4, 0.5) is 8.78 Å². The smallest absolute Gasteiger partial charge is 0.212 e. The van der Waals surface area contributed by atoms with Crippen LogP contribution in [0, 0.1) is 0 Å². The van der Waals surface area contributed by atoms with Gasteiger partial charge >= 0.3 is 0 Å². The molecule has 0 heterocycles. The second-order valence-corrected chi connectivity index (χ2v) is 3.76. The predicted molar refractivity (Wildman–Crippen MR) is 60.2 cm³/mol. The Balaban J connectivity index is 2.39. The Labute approximate surface area is 97.0 Å². The van der Waals surface area contributed by atoms with Crippen LogP contribution in [0.15, 0.2) is 53.3 Å². The van der Waals surface area contributed by atoms with E-state index in [2.05, 4.69) is 4.99 Å².